The number of carboxylic acids is 1. The molecule has 7 heteroatoms. The third-order valence-corrected chi connectivity index (χ3v) is 4.66. The molecule has 112 valence electrons. The number of nitrogens with zero attached hydrogens (tertiary/aromatic N) is 1. The minimum atomic E-state index is -3.51. The second-order valence-corrected chi connectivity index (χ2v) is 6.86. The van der Waals surface area contributed by atoms with Crippen molar-refractivity contribution in [2.24, 2.45) is 5.41 Å². The number of sulfonamides is 1. The van der Waals surface area contributed by atoms with Gasteiger partial charge in [-0.25, -0.2) is 13.1 Å². The van der Waals surface area contributed by atoms with Gasteiger partial charge < -0.3 is 5.11 Å². The van der Waals surface area contributed by atoms with E-state index in [-0.39, 0.29) is 12.3 Å². The number of rotatable bonds is 8. The Morgan fingerprint density at radius 1 is 1.45 bits per heavy atom. The number of pyridine rings is 1. The third-order valence-electron chi connectivity index (χ3n) is 3.33. The fraction of sp³-hybridized carbons (Fsp3) is 0.538. The number of carbonyl (C=O) groups is 1. The van der Waals surface area contributed by atoms with Gasteiger partial charge in [0.2, 0.25) is 10.0 Å². The first-order valence-corrected chi connectivity index (χ1v) is 8.05. The van der Waals surface area contributed by atoms with Crippen LogP contribution in [0, 0.1) is 5.41 Å². The maximum atomic E-state index is 11.9. The average Bonchev–Trinajstić information content (AvgIpc) is 2.44. The van der Waals surface area contributed by atoms with Gasteiger partial charge in [-0.3, -0.25) is 9.78 Å². The average molecular weight is 300 g/mol. The van der Waals surface area contributed by atoms with Gasteiger partial charge in [-0.1, -0.05) is 13.0 Å². The summed E-state index contributed by atoms with van der Waals surface area (Å²) in [6.07, 6.45) is 2.26. The molecule has 0 spiro atoms. The van der Waals surface area contributed by atoms with Crippen LogP contribution in [0.4, 0.5) is 0 Å². The Morgan fingerprint density at radius 3 is 2.65 bits per heavy atom. The van der Waals surface area contributed by atoms with Crippen LogP contribution >= 0.6 is 0 Å². The number of aromatic nitrogens is 1. The van der Waals surface area contributed by atoms with E-state index < -0.39 is 21.4 Å². The highest BCUT2D eigenvalue weighted by atomic mass is 32.2. The van der Waals surface area contributed by atoms with E-state index in [1.807, 2.05) is 0 Å². The molecular formula is C13H20N2O4S. The molecule has 1 rings (SSSR count). The normalized spacial score (nSPS) is 14.7. The molecule has 1 atom stereocenters. The number of hydrogen-bond donors (Lipinski definition) is 2. The van der Waals surface area contributed by atoms with Crippen molar-refractivity contribution in [1.29, 1.82) is 0 Å². The quantitative estimate of drug-likeness (QED) is 0.748. The van der Waals surface area contributed by atoms with E-state index in [1.54, 1.807) is 31.3 Å². The zero-order valence-corrected chi connectivity index (χ0v) is 12.5. The van der Waals surface area contributed by atoms with E-state index in [0.29, 0.717) is 18.5 Å². The van der Waals surface area contributed by atoms with Crippen molar-refractivity contribution in [3.05, 3.63) is 30.1 Å². The van der Waals surface area contributed by atoms with E-state index in [4.69, 9.17) is 5.11 Å². The summed E-state index contributed by atoms with van der Waals surface area (Å²) in [4.78, 5) is 15.2. The molecule has 1 unspecified atom stereocenters. The molecule has 0 radical (unpaired) electrons. The van der Waals surface area contributed by atoms with Gasteiger partial charge >= 0.3 is 5.97 Å². The minimum Gasteiger partial charge on any atom is -0.481 e. The van der Waals surface area contributed by atoms with E-state index in [1.165, 1.54) is 6.92 Å². The van der Waals surface area contributed by atoms with Gasteiger partial charge in [0.1, 0.15) is 0 Å². The lowest BCUT2D eigenvalue weighted by Crippen LogP contribution is -2.41. The molecule has 0 aromatic carbocycles. The molecule has 6 nitrogen and oxygen atoms in total. The minimum absolute atomic E-state index is 0.108. The van der Waals surface area contributed by atoms with Crippen LogP contribution in [0.25, 0.3) is 0 Å². The van der Waals surface area contributed by atoms with Gasteiger partial charge in [0.05, 0.1) is 11.2 Å². The predicted octanol–water partition coefficient (Wildman–Crippen LogP) is 1.04. The van der Waals surface area contributed by atoms with Crippen LogP contribution in [0.1, 0.15) is 26.0 Å². The maximum Gasteiger partial charge on any atom is 0.310 e. The van der Waals surface area contributed by atoms with Crippen LogP contribution in [0.15, 0.2) is 24.4 Å². The number of nitrogens with one attached hydrogen (secondary N) is 1. The molecule has 0 aliphatic heterocycles. The highest BCUT2D eigenvalue weighted by Crippen LogP contribution is 2.20. The van der Waals surface area contributed by atoms with Gasteiger partial charge in [0.15, 0.2) is 0 Å². The molecule has 1 aromatic heterocycles. The summed E-state index contributed by atoms with van der Waals surface area (Å²) in [5.41, 5.74) is -0.396. The van der Waals surface area contributed by atoms with Gasteiger partial charge in [0.25, 0.3) is 0 Å². The monoisotopic (exact) mass is 300 g/mol. The fourth-order valence-corrected chi connectivity index (χ4v) is 2.64. The Labute approximate surface area is 119 Å². The molecule has 0 fully saturated rings. The van der Waals surface area contributed by atoms with Crippen LogP contribution in [-0.4, -0.2) is 36.8 Å². The summed E-state index contributed by atoms with van der Waals surface area (Å²) >= 11 is 0. The molecule has 0 saturated carbocycles. The predicted molar refractivity (Wildman–Crippen MR) is 75.8 cm³/mol. The van der Waals surface area contributed by atoms with E-state index in [2.05, 4.69) is 9.71 Å². The second kappa shape index (κ2) is 6.81. The van der Waals surface area contributed by atoms with Gasteiger partial charge in [0, 0.05) is 24.9 Å². The Balaban J connectivity index is 2.56. The first-order chi connectivity index (χ1) is 9.29. The largest absolute Gasteiger partial charge is 0.481 e. The van der Waals surface area contributed by atoms with E-state index in [9.17, 15) is 13.2 Å². The number of hydrogen-bond acceptors (Lipinski definition) is 4. The molecule has 0 aliphatic rings. The van der Waals surface area contributed by atoms with Crippen LogP contribution < -0.4 is 4.72 Å². The summed E-state index contributed by atoms with van der Waals surface area (Å²) in [5.74, 6) is -1.11. The number of carboxylic acid groups (broad SMARTS) is 1. The first-order valence-electron chi connectivity index (χ1n) is 6.40. The molecule has 1 aromatic rings. The van der Waals surface area contributed by atoms with Crippen molar-refractivity contribution < 1.29 is 18.3 Å². The summed E-state index contributed by atoms with van der Waals surface area (Å²) in [6.45, 7) is 3.14. The third kappa shape index (κ3) is 4.90. The molecule has 1 heterocycles. The lowest BCUT2D eigenvalue weighted by molar-refractivity contribution is -0.147. The fourth-order valence-electron chi connectivity index (χ4n) is 1.48. The Hall–Kier alpha value is -1.47. The highest BCUT2D eigenvalue weighted by molar-refractivity contribution is 7.89. The van der Waals surface area contributed by atoms with E-state index in [0.717, 1.165) is 0 Å². The van der Waals surface area contributed by atoms with Crippen LogP contribution in [0.2, 0.25) is 0 Å². The van der Waals surface area contributed by atoms with Crippen LogP contribution in [-0.2, 0) is 21.2 Å². The summed E-state index contributed by atoms with van der Waals surface area (Å²) in [5, 5.41) is 9.09. The van der Waals surface area contributed by atoms with Gasteiger partial charge in [-0.05, 0) is 25.5 Å². The van der Waals surface area contributed by atoms with Crippen molar-refractivity contribution in [2.45, 2.75) is 26.7 Å². The van der Waals surface area contributed by atoms with Crippen LogP contribution in [0.5, 0.6) is 0 Å². The topological polar surface area (TPSA) is 96.4 Å². The lowest BCUT2D eigenvalue weighted by Gasteiger charge is -2.23. The Morgan fingerprint density at radius 2 is 2.15 bits per heavy atom. The molecule has 20 heavy (non-hydrogen) atoms. The Kier molecular flexibility index (Phi) is 5.64. The number of aliphatic carboxylic acids is 1. The van der Waals surface area contributed by atoms with Gasteiger partial charge in [-0.2, -0.15) is 0 Å². The van der Waals surface area contributed by atoms with Crippen molar-refractivity contribution >= 4 is 16.0 Å². The molecule has 2 N–H and O–H groups in total. The SMILES string of the molecule is CCC(C)(CNS(=O)(=O)CCc1ccccn1)C(=O)O. The van der Waals surface area contributed by atoms with Gasteiger partial charge in [-0.15, -0.1) is 0 Å². The smallest absolute Gasteiger partial charge is 0.310 e. The first kappa shape index (κ1) is 16.6. The lowest BCUT2D eigenvalue weighted by atomic mass is 9.88. The Bertz CT molecular complexity index is 545. The molecule has 0 amide bonds. The van der Waals surface area contributed by atoms with E-state index >= 15 is 0 Å². The molecule has 0 bridgehead atoms. The molecule has 0 saturated heterocycles. The van der Waals surface area contributed by atoms with Crippen molar-refractivity contribution in [3.8, 4) is 0 Å². The zero-order valence-electron chi connectivity index (χ0n) is 11.7. The van der Waals surface area contributed by atoms with Crippen molar-refractivity contribution in [3.63, 3.8) is 0 Å². The zero-order chi connectivity index (χ0) is 15.2. The van der Waals surface area contributed by atoms with Crippen molar-refractivity contribution in [1.82, 2.24) is 9.71 Å². The summed E-state index contributed by atoms with van der Waals surface area (Å²) in [7, 11) is -3.51. The summed E-state index contributed by atoms with van der Waals surface area (Å²) in [6, 6.07) is 5.31. The standard InChI is InChI=1S/C13H20N2O4S/c1-3-13(2,12(16)17)10-15-20(18,19)9-7-11-6-4-5-8-14-11/h4-6,8,15H,3,7,9-10H2,1-2H3,(H,16,17). The summed E-state index contributed by atoms with van der Waals surface area (Å²) < 4.78 is 26.1. The second-order valence-electron chi connectivity index (χ2n) is 4.93. The molecule has 0 aliphatic carbocycles. The maximum absolute atomic E-state index is 11.9. The van der Waals surface area contributed by atoms with Crippen molar-refractivity contribution in [2.75, 3.05) is 12.3 Å². The van der Waals surface area contributed by atoms with Crippen LogP contribution in [0.3, 0.4) is 0 Å². The highest BCUT2D eigenvalue weighted by Gasteiger charge is 2.32. The molecular weight excluding hydrogens is 280 g/mol. The number of aryl methyl sites for hydroxylation is 1.